The second-order valence-electron chi connectivity index (χ2n) is 4.03. The van der Waals surface area contributed by atoms with Gasteiger partial charge in [-0.1, -0.05) is 6.07 Å². The zero-order valence-electron chi connectivity index (χ0n) is 10.8. The number of carbonyl (C=O) groups is 1. The minimum Gasteiger partial charge on any atom is -0.496 e. The predicted octanol–water partition coefficient (Wildman–Crippen LogP) is 1.64. The second-order valence-corrected chi connectivity index (χ2v) is 4.03. The number of carbonyl (C=O) groups excluding carboxylic acids is 1. The molecule has 3 N–H and O–H groups in total. The molecule has 1 atom stereocenters. The number of ether oxygens (including phenoxy) is 2. The number of esters is 1. The van der Waals surface area contributed by atoms with Crippen LogP contribution < -0.4 is 10.5 Å². The highest BCUT2D eigenvalue weighted by Crippen LogP contribution is 2.29. The van der Waals surface area contributed by atoms with Crippen molar-refractivity contribution >= 4 is 29.3 Å². The number of hydrogen-bond acceptors (Lipinski definition) is 4. The molecule has 0 radical (unpaired) electrons. The molecule has 0 unspecified atom stereocenters. The molecule has 2 rings (SSSR count). The van der Waals surface area contributed by atoms with E-state index in [9.17, 15) is 4.79 Å². The third-order valence-electron chi connectivity index (χ3n) is 2.91. The Labute approximate surface area is 117 Å². The second kappa shape index (κ2) is 6.45. The maximum absolute atomic E-state index is 11.3. The van der Waals surface area contributed by atoms with Gasteiger partial charge in [0.15, 0.2) is 0 Å². The molecule has 0 saturated heterocycles. The molecule has 2 aromatic rings. The van der Waals surface area contributed by atoms with Gasteiger partial charge < -0.3 is 20.2 Å². The summed E-state index contributed by atoms with van der Waals surface area (Å²) in [6.07, 6.45) is 2.25. The summed E-state index contributed by atoms with van der Waals surface area (Å²) in [6.45, 7) is 0. The average Bonchev–Trinajstić information content (AvgIpc) is 2.81. The fourth-order valence-electron chi connectivity index (χ4n) is 2.02. The van der Waals surface area contributed by atoms with Crippen LogP contribution in [0.1, 0.15) is 5.56 Å². The normalized spacial score (nSPS) is 11.7. The first kappa shape index (κ1) is 15.3. The number of methoxy groups -OCH3 is 2. The van der Waals surface area contributed by atoms with Crippen LogP contribution in [0.5, 0.6) is 5.75 Å². The molecule has 0 bridgehead atoms. The summed E-state index contributed by atoms with van der Waals surface area (Å²) >= 11 is 0. The summed E-state index contributed by atoms with van der Waals surface area (Å²) in [5.41, 5.74) is 7.68. The summed E-state index contributed by atoms with van der Waals surface area (Å²) < 4.78 is 9.94. The van der Waals surface area contributed by atoms with Gasteiger partial charge in [-0.05, 0) is 17.7 Å². The number of hydrogen-bond donors (Lipinski definition) is 2. The molecule has 0 fully saturated rings. The van der Waals surface area contributed by atoms with E-state index in [2.05, 4.69) is 9.72 Å². The van der Waals surface area contributed by atoms with Crippen LogP contribution in [0.4, 0.5) is 0 Å². The molecule has 0 aliphatic heterocycles. The number of rotatable bonds is 4. The molecule has 0 aliphatic rings. The number of H-pyrrole nitrogens is 1. The van der Waals surface area contributed by atoms with Crippen LogP contribution in [-0.4, -0.2) is 31.2 Å². The van der Waals surface area contributed by atoms with Crippen molar-refractivity contribution in [3.05, 3.63) is 30.0 Å². The lowest BCUT2D eigenvalue weighted by molar-refractivity contribution is -0.142. The maximum Gasteiger partial charge on any atom is 0.322 e. The molecule has 19 heavy (non-hydrogen) atoms. The van der Waals surface area contributed by atoms with Crippen molar-refractivity contribution in [1.82, 2.24) is 4.98 Å². The van der Waals surface area contributed by atoms with E-state index in [-0.39, 0.29) is 12.4 Å². The zero-order valence-corrected chi connectivity index (χ0v) is 11.6. The van der Waals surface area contributed by atoms with Gasteiger partial charge in [-0.3, -0.25) is 4.79 Å². The van der Waals surface area contributed by atoms with Gasteiger partial charge in [0.25, 0.3) is 0 Å². The van der Waals surface area contributed by atoms with Crippen molar-refractivity contribution < 1.29 is 14.3 Å². The van der Waals surface area contributed by atoms with Crippen LogP contribution in [0.15, 0.2) is 24.4 Å². The maximum atomic E-state index is 11.3. The van der Waals surface area contributed by atoms with E-state index >= 15 is 0 Å². The van der Waals surface area contributed by atoms with Crippen LogP contribution in [0.25, 0.3) is 10.9 Å². The van der Waals surface area contributed by atoms with Crippen LogP contribution >= 0.6 is 12.4 Å². The van der Waals surface area contributed by atoms with E-state index in [0.717, 1.165) is 22.2 Å². The topological polar surface area (TPSA) is 77.3 Å². The van der Waals surface area contributed by atoms with E-state index in [0.29, 0.717) is 6.42 Å². The Morgan fingerprint density at radius 3 is 2.79 bits per heavy atom. The molecule has 1 heterocycles. The Morgan fingerprint density at radius 1 is 1.42 bits per heavy atom. The van der Waals surface area contributed by atoms with E-state index in [1.807, 2.05) is 24.4 Å². The molecule has 1 aromatic carbocycles. The Hall–Kier alpha value is -1.72. The summed E-state index contributed by atoms with van der Waals surface area (Å²) in [7, 11) is 2.95. The molecule has 0 saturated carbocycles. The van der Waals surface area contributed by atoms with Crippen LogP contribution in [-0.2, 0) is 16.0 Å². The van der Waals surface area contributed by atoms with Crippen molar-refractivity contribution in [3.8, 4) is 5.75 Å². The lowest BCUT2D eigenvalue weighted by Gasteiger charge is -2.09. The average molecular weight is 285 g/mol. The minimum absolute atomic E-state index is 0. The number of fused-ring (bicyclic) bond motifs is 1. The van der Waals surface area contributed by atoms with Gasteiger partial charge in [0.1, 0.15) is 11.8 Å². The van der Waals surface area contributed by atoms with E-state index in [4.69, 9.17) is 10.5 Å². The van der Waals surface area contributed by atoms with Crippen LogP contribution in [0, 0.1) is 0 Å². The standard InChI is InChI=1S/C13H16N2O3.ClH/c1-17-11-5-3-4-10-12(11)8(7-15-10)6-9(14)13(16)18-2;/h3-5,7,9,15H,6,14H2,1-2H3;1H/t9-;/m0./s1. The van der Waals surface area contributed by atoms with Gasteiger partial charge in [-0.25, -0.2) is 0 Å². The number of aromatic nitrogens is 1. The summed E-state index contributed by atoms with van der Waals surface area (Å²) in [5.74, 6) is 0.347. The van der Waals surface area contributed by atoms with Crippen molar-refractivity contribution in [2.45, 2.75) is 12.5 Å². The van der Waals surface area contributed by atoms with Gasteiger partial charge >= 0.3 is 5.97 Å². The molecule has 1 aromatic heterocycles. The lowest BCUT2D eigenvalue weighted by Crippen LogP contribution is -2.33. The Morgan fingerprint density at radius 2 is 2.16 bits per heavy atom. The summed E-state index contributed by atoms with van der Waals surface area (Å²) in [4.78, 5) is 14.5. The van der Waals surface area contributed by atoms with Crippen LogP contribution in [0.2, 0.25) is 0 Å². The zero-order chi connectivity index (χ0) is 13.1. The number of halogens is 1. The number of nitrogens with two attached hydrogens (primary N) is 1. The Balaban J connectivity index is 0.00000180. The highest BCUT2D eigenvalue weighted by Gasteiger charge is 2.17. The van der Waals surface area contributed by atoms with E-state index in [1.165, 1.54) is 7.11 Å². The molecule has 6 heteroatoms. The molecule has 0 spiro atoms. The SMILES string of the molecule is COC(=O)[C@@H](N)Cc1c[nH]c2cccc(OC)c12.Cl. The first-order valence-electron chi connectivity index (χ1n) is 5.63. The quantitative estimate of drug-likeness (QED) is 0.837. The Bertz CT molecular complexity index is 568. The van der Waals surface area contributed by atoms with Crippen molar-refractivity contribution in [3.63, 3.8) is 0 Å². The first-order valence-corrected chi connectivity index (χ1v) is 5.63. The molecule has 0 aliphatic carbocycles. The highest BCUT2D eigenvalue weighted by atomic mass is 35.5. The van der Waals surface area contributed by atoms with Gasteiger partial charge in [-0.2, -0.15) is 0 Å². The summed E-state index contributed by atoms with van der Waals surface area (Å²) in [5, 5.41) is 0.958. The number of benzene rings is 1. The third-order valence-corrected chi connectivity index (χ3v) is 2.91. The van der Waals surface area contributed by atoms with Gasteiger partial charge in [0.2, 0.25) is 0 Å². The number of nitrogens with one attached hydrogen (secondary N) is 1. The third kappa shape index (κ3) is 3.00. The monoisotopic (exact) mass is 284 g/mol. The van der Waals surface area contributed by atoms with Gasteiger partial charge in [0, 0.05) is 23.5 Å². The molecule has 5 nitrogen and oxygen atoms in total. The molecular weight excluding hydrogens is 268 g/mol. The molecule has 0 amide bonds. The van der Waals surface area contributed by atoms with Crippen molar-refractivity contribution in [1.29, 1.82) is 0 Å². The number of aromatic amines is 1. The first-order chi connectivity index (χ1) is 8.67. The molecular formula is C13H17ClN2O3. The minimum atomic E-state index is -0.668. The van der Waals surface area contributed by atoms with Crippen molar-refractivity contribution in [2.75, 3.05) is 14.2 Å². The largest absolute Gasteiger partial charge is 0.496 e. The fraction of sp³-hybridized carbons (Fsp3) is 0.308. The predicted molar refractivity (Wildman–Crippen MR) is 75.8 cm³/mol. The van der Waals surface area contributed by atoms with Gasteiger partial charge in [-0.15, -0.1) is 12.4 Å². The van der Waals surface area contributed by atoms with Crippen molar-refractivity contribution in [2.24, 2.45) is 5.73 Å². The van der Waals surface area contributed by atoms with Gasteiger partial charge in [0.05, 0.1) is 14.2 Å². The van der Waals surface area contributed by atoms with E-state index < -0.39 is 12.0 Å². The molecule has 104 valence electrons. The Kier molecular flexibility index (Phi) is 5.20. The van der Waals surface area contributed by atoms with E-state index in [1.54, 1.807) is 7.11 Å². The highest BCUT2D eigenvalue weighted by molar-refractivity contribution is 5.90. The fourth-order valence-corrected chi connectivity index (χ4v) is 2.02. The van der Waals surface area contributed by atoms with Crippen LogP contribution in [0.3, 0.4) is 0 Å². The lowest BCUT2D eigenvalue weighted by atomic mass is 10.0. The smallest absolute Gasteiger partial charge is 0.322 e. The summed E-state index contributed by atoms with van der Waals surface area (Å²) in [6, 6.07) is 5.06.